The molecular weight excluding hydrogens is 476 g/mol. The highest BCUT2D eigenvalue weighted by Crippen LogP contribution is 2.05. The molecule has 16 heteroatoms. The number of guanidine groups is 1. The molecule has 0 aliphatic rings. The molecule has 36 heavy (non-hydrogen) atoms. The average Bonchev–Trinajstić information content (AvgIpc) is 3.30. The number of aliphatic imine (C=N–C) groups is 1. The van der Waals surface area contributed by atoms with E-state index in [0.717, 1.165) is 0 Å². The molecule has 1 rings (SSSR count). The number of H-pyrrole nitrogens is 1. The second-order valence-electron chi connectivity index (χ2n) is 8.05. The lowest BCUT2D eigenvalue weighted by molar-refractivity contribution is -0.142. The van der Waals surface area contributed by atoms with Crippen LogP contribution in [0.15, 0.2) is 17.5 Å². The molecule has 0 aliphatic heterocycles. The molecule has 0 saturated heterocycles. The molecule has 4 unspecified atom stereocenters. The smallest absolute Gasteiger partial charge is 0.326 e. The number of aliphatic carboxylic acids is 1. The fraction of sp³-hybridized carbons (Fsp3) is 0.550. The van der Waals surface area contributed by atoms with Gasteiger partial charge in [-0.05, 0) is 26.2 Å². The van der Waals surface area contributed by atoms with Crippen LogP contribution in [0.2, 0.25) is 0 Å². The standard InChI is InChI=1S/C20H34N10O6/c1-10(21)16(32)30-14(7-11-8-25-9-27-11)18(34)28-12(4-5-15(22)31)17(33)29-13(19(35)36)3-2-6-26-20(23)24/h8-10,12-14H,2-7,21H2,1H3,(H2,22,31)(H,25,27)(H,28,34)(H,29,33)(H,30,32)(H,35,36)(H4,23,24,26). The zero-order valence-electron chi connectivity index (χ0n) is 19.9. The third-order valence-corrected chi connectivity index (χ3v) is 4.90. The van der Waals surface area contributed by atoms with Crippen molar-refractivity contribution in [3.63, 3.8) is 0 Å². The van der Waals surface area contributed by atoms with Gasteiger partial charge >= 0.3 is 5.97 Å². The van der Waals surface area contributed by atoms with Crippen molar-refractivity contribution in [2.75, 3.05) is 6.54 Å². The Bertz CT molecular complexity index is 929. The van der Waals surface area contributed by atoms with Gasteiger partial charge in [-0.2, -0.15) is 0 Å². The molecule has 13 N–H and O–H groups in total. The molecule has 0 aliphatic carbocycles. The van der Waals surface area contributed by atoms with Crippen LogP contribution >= 0.6 is 0 Å². The molecule has 200 valence electrons. The van der Waals surface area contributed by atoms with Gasteiger partial charge in [0.1, 0.15) is 18.1 Å². The number of imidazole rings is 1. The Balaban J connectivity index is 2.99. The van der Waals surface area contributed by atoms with E-state index >= 15 is 0 Å². The number of carboxylic acid groups (broad SMARTS) is 1. The second-order valence-corrected chi connectivity index (χ2v) is 8.05. The minimum atomic E-state index is -1.32. The summed E-state index contributed by atoms with van der Waals surface area (Å²) in [6, 6.07) is -4.69. The van der Waals surface area contributed by atoms with Crippen molar-refractivity contribution < 1.29 is 29.1 Å². The first-order chi connectivity index (χ1) is 16.9. The number of carboxylic acids is 1. The Morgan fingerprint density at radius 2 is 1.61 bits per heavy atom. The van der Waals surface area contributed by atoms with Gasteiger partial charge in [0.25, 0.3) is 0 Å². The normalized spacial score (nSPS) is 13.9. The summed E-state index contributed by atoms with van der Waals surface area (Å²) >= 11 is 0. The Hall–Kier alpha value is -4.21. The zero-order valence-corrected chi connectivity index (χ0v) is 19.9. The van der Waals surface area contributed by atoms with Crippen molar-refractivity contribution in [1.82, 2.24) is 25.9 Å². The summed E-state index contributed by atoms with van der Waals surface area (Å²) in [7, 11) is 0. The van der Waals surface area contributed by atoms with Gasteiger partial charge in [-0.15, -0.1) is 0 Å². The molecule has 0 aromatic carbocycles. The highest BCUT2D eigenvalue weighted by atomic mass is 16.4. The van der Waals surface area contributed by atoms with Crippen molar-refractivity contribution in [3.05, 3.63) is 18.2 Å². The molecule has 1 aromatic rings. The number of rotatable bonds is 16. The lowest BCUT2D eigenvalue weighted by Crippen LogP contribution is -2.57. The first kappa shape index (κ1) is 29.8. The van der Waals surface area contributed by atoms with Crippen LogP contribution in [0.5, 0.6) is 0 Å². The number of hydrogen-bond acceptors (Lipinski definition) is 8. The molecule has 1 heterocycles. The van der Waals surface area contributed by atoms with Crippen molar-refractivity contribution in [2.24, 2.45) is 27.9 Å². The minimum Gasteiger partial charge on any atom is -0.480 e. The fourth-order valence-corrected chi connectivity index (χ4v) is 2.99. The summed E-state index contributed by atoms with van der Waals surface area (Å²) in [6.45, 7) is 1.58. The topological polar surface area (TPSA) is 287 Å². The van der Waals surface area contributed by atoms with Crippen molar-refractivity contribution in [2.45, 2.75) is 63.2 Å². The first-order valence-corrected chi connectivity index (χ1v) is 11.1. The van der Waals surface area contributed by atoms with Crippen LogP contribution in [0.4, 0.5) is 0 Å². The Kier molecular flexibility index (Phi) is 12.4. The van der Waals surface area contributed by atoms with Crippen LogP contribution in [-0.4, -0.2) is 81.3 Å². The Morgan fingerprint density at radius 1 is 1.00 bits per heavy atom. The number of carbonyl (C=O) groups is 5. The van der Waals surface area contributed by atoms with Gasteiger partial charge in [-0.25, -0.2) is 9.78 Å². The van der Waals surface area contributed by atoms with E-state index in [1.54, 1.807) is 0 Å². The predicted molar refractivity (Wildman–Crippen MR) is 128 cm³/mol. The lowest BCUT2D eigenvalue weighted by atomic mass is 10.1. The number of amides is 4. The number of nitrogens with one attached hydrogen (secondary N) is 4. The van der Waals surface area contributed by atoms with E-state index in [9.17, 15) is 29.1 Å². The van der Waals surface area contributed by atoms with Crippen LogP contribution < -0.4 is 38.9 Å². The van der Waals surface area contributed by atoms with E-state index in [4.69, 9.17) is 22.9 Å². The highest BCUT2D eigenvalue weighted by Gasteiger charge is 2.30. The third-order valence-electron chi connectivity index (χ3n) is 4.90. The molecule has 4 amide bonds. The van der Waals surface area contributed by atoms with Crippen LogP contribution in [0.3, 0.4) is 0 Å². The number of carbonyl (C=O) groups excluding carboxylic acids is 4. The first-order valence-electron chi connectivity index (χ1n) is 11.1. The van der Waals surface area contributed by atoms with Gasteiger partial charge < -0.3 is 49.0 Å². The van der Waals surface area contributed by atoms with Crippen molar-refractivity contribution in [1.29, 1.82) is 0 Å². The molecule has 1 aromatic heterocycles. The molecule has 0 radical (unpaired) electrons. The zero-order chi connectivity index (χ0) is 27.3. The van der Waals surface area contributed by atoms with Crippen molar-refractivity contribution >= 4 is 35.6 Å². The second kappa shape index (κ2) is 14.9. The summed E-state index contributed by atoms with van der Waals surface area (Å²) in [5.74, 6) is -4.41. The van der Waals surface area contributed by atoms with Crippen LogP contribution in [0.1, 0.15) is 38.3 Å². The van der Waals surface area contributed by atoms with Crippen molar-refractivity contribution in [3.8, 4) is 0 Å². The van der Waals surface area contributed by atoms with E-state index in [2.05, 4.69) is 30.9 Å². The Morgan fingerprint density at radius 3 is 2.14 bits per heavy atom. The van der Waals surface area contributed by atoms with E-state index in [-0.39, 0.29) is 44.6 Å². The number of hydrogen-bond donors (Lipinski definition) is 9. The van der Waals surface area contributed by atoms with E-state index in [0.29, 0.717) is 5.69 Å². The maximum Gasteiger partial charge on any atom is 0.326 e. The highest BCUT2D eigenvalue weighted by molar-refractivity contribution is 5.94. The summed E-state index contributed by atoms with van der Waals surface area (Å²) in [5, 5.41) is 16.8. The molecule has 0 saturated carbocycles. The largest absolute Gasteiger partial charge is 0.480 e. The summed E-state index contributed by atoms with van der Waals surface area (Å²) in [4.78, 5) is 71.4. The minimum absolute atomic E-state index is 0.00122. The third kappa shape index (κ3) is 11.3. The molecule has 4 atom stereocenters. The van der Waals surface area contributed by atoms with Gasteiger partial charge in [-0.3, -0.25) is 24.2 Å². The van der Waals surface area contributed by atoms with Crippen LogP contribution in [0.25, 0.3) is 0 Å². The van der Waals surface area contributed by atoms with Gasteiger partial charge in [-0.1, -0.05) is 0 Å². The molecule has 0 fully saturated rings. The van der Waals surface area contributed by atoms with Crippen LogP contribution in [0, 0.1) is 0 Å². The number of primary amides is 1. The number of aromatic amines is 1. The van der Waals surface area contributed by atoms with Gasteiger partial charge in [0.15, 0.2) is 5.96 Å². The maximum atomic E-state index is 13.0. The summed E-state index contributed by atoms with van der Waals surface area (Å²) in [5.41, 5.74) is 21.7. The van der Waals surface area contributed by atoms with E-state index in [1.807, 2.05) is 0 Å². The molecular formula is C20H34N10O6. The molecule has 0 bridgehead atoms. The SMILES string of the molecule is CC(N)C(=O)NC(Cc1cnc[nH]1)C(=O)NC(CCC(N)=O)C(=O)NC(CCCN=C(N)N)C(=O)O. The fourth-order valence-electron chi connectivity index (χ4n) is 2.99. The predicted octanol–water partition coefficient (Wildman–Crippen LogP) is -3.84. The lowest BCUT2D eigenvalue weighted by Gasteiger charge is -2.24. The van der Waals surface area contributed by atoms with Gasteiger partial charge in [0, 0.05) is 31.3 Å². The number of nitrogens with zero attached hydrogens (tertiary/aromatic N) is 2. The molecule has 16 nitrogen and oxygen atoms in total. The monoisotopic (exact) mass is 510 g/mol. The quantitative estimate of drug-likeness (QED) is 0.0592. The average molecular weight is 511 g/mol. The maximum absolute atomic E-state index is 13.0. The van der Waals surface area contributed by atoms with Gasteiger partial charge in [0.05, 0.1) is 12.4 Å². The molecule has 0 spiro atoms. The summed E-state index contributed by atoms with van der Waals surface area (Å²) in [6.07, 6.45) is 2.62. The summed E-state index contributed by atoms with van der Waals surface area (Å²) < 4.78 is 0. The van der Waals surface area contributed by atoms with Crippen LogP contribution in [-0.2, 0) is 30.4 Å². The van der Waals surface area contributed by atoms with E-state index < -0.39 is 53.8 Å². The van der Waals surface area contributed by atoms with E-state index in [1.165, 1.54) is 19.4 Å². The van der Waals surface area contributed by atoms with Gasteiger partial charge in [0.2, 0.25) is 23.6 Å². The number of aromatic nitrogens is 2. The Labute approximate surface area is 207 Å². The number of nitrogens with two attached hydrogens (primary N) is 4.